The van der Waals surface area contributed by atoms with Crippen molar-refractivity contribution in [3.8, 4) is 67.9 Å². The van der Waals surface area contributed by atoms with Crippen LogP contribution in [0, 0.1) is 10.8 Å². The van der Waals surface area contributed by atoms with Crippen molar-refractivity contribution in [2.45, 2.75) is 90.9 Å². The molecule has 74 heavy (non-hydrogen) atoms. The molecule has 8 nitrogen and oxygen atoms in total. The Hall–Kier alpha value is -6.48. The maximum atomic E-state index is 6.34. The number of allylic oxidation sites excluding steroid dienone is 2. The number of hydrogen-bond acceptors (Lipinski definition) is 8. The summed E-state index contributed by atoms with van der Waals surface area (Å²) < 4.78 is 47.9. The zero-order chi connectivity index (χ0) is 51.3. The first kappa shape index (κ1) is 53.8. The van der Waals surface area contributed by atoms with Gasteiger partial charge >= 0.3 is 0 Å². The van der Waals surface area contributed by atoms with Crippen molar-refractivity contribution in [2.75, 3.05) is 66.1 Å². The molecular formula is C66H78O8. The minimum Gasteiger partial charge on any atom is -0.494 e. The summed E-state index contributed by atoms with van der Waals surface area (Å²) in [5.74, 6) is 5.44. The van der Waals surface area contributed by atoms with Crippen LogP contribution in [-0.2, 0) is 22.3 Å². The van der Waals surface area contributed by atoms with Gasteiger partial charge in [-0.1, -0.05) is 86.7 Å². The van der Waals surface area contributed by atoms with Gasteiger partial charge in [-0.2, -0.15) is 0 Å². The first-order chi connectivity index (χ1) is 36.4. The molecule has 0 unspecified atom stereocenters. The second-order valence-electron chi connectivity index (χ2n) is 20.2. The molecule has 2 aliphatic rings. The highest BCUT2D eigenvalue weighted by Crippen LogP contribution is 2.35. The normalized spacial score (nSPS) is 14.2. The van der Waals surface area contributed by atoms with Gasteiger partial charge in [0.1, 0.15) is 34.5 Å². The third-order valence-corrected chi connectivity index (χ3v) is 14.6. The summed E-state index contributed by atoms with van der Waals surface area (Å²) >= 11 is 0. The van der Waals surface area contributed by atoms with Crippen molar-refractivity contribution in [2.24, 2.45) is 10.8 Å². The molecule has 0 aromatic heterocycles. The lowest BCUT2D eigenvalue weighted by atomic mass is 9.84. The van der Waals surface area contributed by atoms with E-state index in [9.17, 15) is 0 Å². The summed E-state index contributed by atoms with van der Waals surface area (Å²) in [6.45, 7) is 19.8. The van der Waals surface area contributed by atoms with Crippen LogP contribution in [0.1, 0.15) is 89.2 Å². The van der Waals surface area contributed by atoms with E-state index in [-0.39, 0.29) is 10.8 Å². The van der Waals surface area contributed by atoms with Gasteiger partial charge in [-0.05, 0) is 194 Å². The van der Waals surface area contributed by atoms with E-state index < -0.39 is 0 Å². The molecule has 2 saturated heterocycles. The molecule has 0 N–H and O–H groups in total. The number of hydrogen-bond donors (Lipinski definition) is 0. The van der Waals surface area contributed by atoms with Crippen LogP contribution in [-0.4, -0.2) is 66.1 Å². The number of benzene rings is 6. The molecule has 6 aromatic carbocycles. The van der Waals surface area contributed by atoms with E-state index >= 15 is 0 Å². The molecule has 0 radical (unpaired) electrons. The summed E-state index contributed by atoms with van der Waals surface area (Å²) in [5, 5.41) is 0. The highest BCUT2D eigenvalue weighted by atomic mass is 16.5. The largest absolute Gasteiger partial charge is 0.494 e. The van der Waals surface area contributed by atoms with E-state index in [1.54, 1.807) is 0 Å². The zero-order valence-corrected chi connectivity index (χ0v) is 44.1. The Morgan fingerprint density at radius 1 is 0.378 bits per heavy atom. The molecule has 0 spiro atoms. The molecule has 2 fully saturated rings. The van der Waals surface area contributed by atoms with Crippen LogP contribution < -0.4 is 28.4 Å². The third kappa shape index (κ3) is 15.3. The zero-order valence-electron chi connectivity index (χ0n) is 44.1. The molecule has 6 aromatic rings. The van der Waals surface area contributed by atoms with Gasteiger partial charge in [-0.3, -0.25) is 0 Å². The first-order valence-electron chi connectivity index (χ1n) is 27.2. The van der Waals surface area contributed by atoms with Crippen molar-refractivity contribution in [3.05, 3.63) is 170 Å². The first-order valence-corrected chi connectivity index (χ1v) is 27.2. The molecule has 0 saturated carbocycles. The van der Waals surface area contributed by atoms with Crippen LogP contribution in [0.4, 0.5) is 0 Å². The molecule has 0 bridgehead atoms. The molecule has 8 heteroatoms. The van der Waals surface area contributed by atoms with Gasteiger partial charge in [0.15, 0.2) is 0 Å². The summed E-state index contributed by atoms with van der Waals surface area (Å²) in [4.78, 5) is 0. The van der Waals surface area contributed by atoms with Gasteiger partial charge in [0, 0.05) is 0 Å². The monoisotopic (exact) mass is 999 g/mol. The molecule has 0 amide bonds. The predicted molar refractivity (Wildman–Crippen MR) is 300 cm³/mol. The van der Waals surface area contributed by atoms with Crippen LogP contribution in [0.3, 0.4) is 0 Å². The predicted octanol–water partition coefficient (Wildman–Crippen LogP) is 15.8. The minimum atomic E-state index is 0.173. The van der Waals surface area contributed by atoms with Crippen LogP contribution >= 0.6 is 0 Å². The molecule has 2 aliphatic heterocycles. The fourth-order valence-electron chi connectivity index (χ4n) is 9.30. The van der Waals surface area contributed by atoms with Crippen molar-refractivity contribution in [1.82, 2.24) is 0 Å². The Bertz CT molecular complexity index is 2430. The Morgan fingerprint density at radius 3 is 0.959 bits per heavy atom. The van der Waals surface area contributed by atoms with E-state index in [1.165, 1.54) is 0 Å². The molecule has 0 atom stereocenters. The van der Waals surface area contributed by atoms with Crippen molar-refractivity contribution >= 4 is 0 Å². The lowest BCUT2D eigenvalue weighted by molar-refractivity contribution is -0.133. The fourth-order valence-corrected chi connectivity index (χ4v) is 9.30. The van der Waals surface area contributed by atoms with E-state index in [4.69, 9.17) is 37.9 Å². The molecule has 0 aliphatic carbocycles. The maximum absolute atomic E-state index is 6.34. The third-order valence-electron chi connectivity index (χ3n) is 14.6. The Labute approximate surface area is 441 Å². The van der Waals surface area contributed by atoms with E-state index in [1.807, 2.05) is 12.2 Å². The van der Waals surface area contributed by atoms with Gasteiger partial charge in [-0.25, -0.2) is 0 Å². The molecule has 8 rings (SSSR count). The minimum absolute atomic E-state index is 0.173. The maximum Gasteiger partial charge on any atom is 0.122 e. The van der Waals surface area contributed by atoms with Gasteiger partial charge in [0.05, 0.1) is 76.9 Å². The van der Waals surface area contributed by atoms with Crippen LogP contribution in [0.5, 0.6) is 34.5 Å². The van der Waals surface area contributed by atoms with Crippen LogP contribution in [0.15, 0.2) is 159 Å². The summed E-state index contributed by atoms with van der Waals surface area (Å²) in [5.41, 5.74) is 9.56. The average molecular weight is 999 g/mol. The summed E-state index contributed by atoms with van der Waals surface area (Å²) in [7, 11) is 0. The Morgan fingerprint density at radius 2 is 0.676 bits per heavy atom. The average Bonchev–Trinajstić information content (AvgIpc) is 3.41. The van der Waals surface area contributed by atoms with Gasteiger partial charge in [0.25, 0.3) is 0 Å². The Kier molecular flexibility index (Phi) is 20.1. The highest BCUT2D eigenvalue weighted by molar-refractivity contribution is 5.69. The summed E-state index contributed by atoms with van der Waals surface area (Å²) in [6, 6.07) is 46.4. The second kappa shape index (κ2) is 27.7. The van der Waals surface area contributed by atoms with Crippen molar-refractivity contribution in [3.63, 3.8) is 0 Å². The van der Waals surface area contributed by atoms with Crippen molar-refractivity contribution < 1.29 is 37.9 Å². The smallest absolute Gasteiger partial charge is 0.122 e. The highest BCUT2D eigenvalue weighted by Gasteiger charge is 2.38. The van der Waals surface area contributed by atoms with Crippen LogP contribution in [0.2, 0.25) is 0 Å². The quantitative estimate of drug-likeness (QED) is 0.0298. The van der Waals surface area contributed by atoms with Crippen LogP contribution in [0.25, 0.3) is 33.4 Å². The molecule has 2 heterocycles. The van der Waals surface area contributed by atoms with Gasteiger partial charge in [0.2, 0.25) is 0 Å². The molecular weight excluding hydrogens is 921 g/mol. The second-order valence-corrected chi connectivity index (χ2v) is 20.2. The van der Waals surface area contributed by atoms with Gasteiger partial charge < -0.3 is 37.9 Å². The lowest BCUT2D eigenvalue weighted by Gasteiger charge is -2.40. The standard InChI is InChI=1S/C66H78O8/c1-5-17-57-43-55(27-37-63(57)71-41-15-11-9-13-39-69-59-29-19-51(20-30-59)53-23-33-61(34-24-53)73-49-65(7-3)45-67-46-65)56-28-38-64(58(44-56)18-6-2)72-42-16-12-10-14-40-70-60-31-21-52(22-32-60)54-25-35-62(36-26-54)74-50-66(8-4)47-68-48-66/h5-6,19-38,43-44H,1-2,7-18,39-42,45-50H2,3-4H3. The fraction of sp³-hybridized carbons (Fsp3) is 0.394. The Balaban J connectivity index is 0.689. The number of rotatable bonds is 33. The van der Waals surface area contributed by atoms with Crippen molar-refractivity contribution in [1.29, 1.82) is 0 Å². The molecule has 390 valence electrons. The number of ether oxygens (including phenoxy) is 8. The van der Waals surface area contributed by atoms with E-state index in [0.717, 1.165) is 182 Å². The number of unbranched alkanes of at least 4 members (excludes halogenated alkanes) is 6. The topological polar surface area (TPSA) is 73.8 Å². The summed E-state index contributed by atoms with van der Waals surface area (Å²) in [6.07, 6.45) is 15.8. The SMILES string of the molecule is C=CCc1cc(-c2ccc(OCCCCCCOc3ccc(-c4ccc(OCC5(CC)COC5)cc4)cc3)c(CC=C)c2)ccc1OCCCCCCOc1ccc(-c2ccc(OCC3(CC)COC3)cc2)cc1. The lowest BCUT2D eigenvalue weighted by Crippen LogP contribution is -2.46. The van der Waals surface area contributed by atoms with E-state index in [0.29, 0.717) is 39.6 Å². The van der Waals surface area contributed by atoms with Gasteiger partial charge in [-0.15, -0.1) is 13.2 Å². The van der Waals surface area contributed by atoms with E-state index in [2.05, 4.69) is 160 Å².